The molecule has 0 N–H and O–H groups in total. The Labute approximate surface area is 285 Å². The predicted octanol–water partition coefficient (Wildman–Crippen LogP) is 10.3. The molecule has 0 aliphatic carbocycles. The second-order valence-corrected chi connectivity index (χ2v) is 12.1. The summed E-state index contributed by atoms with van der Waals surface area (Å²) in [6.45, 7) is 0. The highest BCUT2D eigenvalue weighted by Crippen LogP contribution is 2.63. The maximum Gasteiger partial charge on any atom is 0.235 e. The van der Waals surface area contributed by atoms with Gasteiger partial charge in [-0.1, -0.05) is 91.0 Å². The van der Waals surface area contributed by atoms with Crippen LogP contribution in [0.4, 0.5) is 17.1 Å². The largest absolute Gasteiger partial charge is 0.452 e. The summed E-state index contributed by atoms with van der Waals surface area (Å²) in [5, 5.41) is 21.9. The second kappa shape index (κ2) is 10.5. The Bertz CT molecular complexity index is 2740. The molecule has 0 saturated heterocycles. The van der Waals surface area contributed by atoms with Crippen LogP contribution in [0.15, 0.2) is 133 Å². The summed E-state index contributed by atoms with van der Waals surface area (Å²) < 4.78 is 15.5. The van der Waals surface area contributed by atoms with Gasteiger partial charge < -0.3 is 9.47 Å². The number of hydrogen-bond donors (Lipinski definition) is 0. The SMILES string of the molecule is N#Cc1cc(C#N)c2c(c1)N1c3ccccc3Oc3c1c(cc1c3c3ccccc3n1-c1nc(-c3ccccc3)cc(-c3ccccc3)n1)O2. The predicted molar refractivity (Wildman–Crippen MR) is 192 cm³/mol. The third-order valence-electron chi connectivity index (χ3n) is 9.22. The lowest BCUT2D eigenvalue weighted by Gasteiger charge is -2.38. The molecule has 0 bridgehead atoms. The fourth-order valence-electron chi connectivity index (χ4n) is 7.06. The summed E-state index contributed by atoms with van der Waals surface area (Å²) in [7, 11) is 0. The van der Waals surface area contributed by atoms with Crippen LogP contribution in [0.2, 0.25) is 0 Å². The molecule has 0 unspecified atom stereocenters. The number of ether oxygens (including phenoxy) is 2. The van der Waals surface area contributed by atoms with Crippen LogP contribution >= 0.6 is 0 Å². The highest BCUT2D eigenvalue weighted by molar-refractivity contribution is 6.17. The number of anilines is 3. The van der Waals surface area contributed by atoms with Crippen LogP contribution < -0.4 is 14.4 Å². The van der Waals surface area contributed by atoms with Crippen LogP contribution in [0, 0.1) is 22.7 Å². The lowest BCUT2D eigenvalue weighted by molar-refractivity contribution is 0.449. The minimum atomic E-state index is 0.266. The zero-order chi connectivity index (χ0) is 33.3. The molecule has 50 heavy (non-hydrogen) atoms. The molecule has 8 aromatic rings. The molecule has 0 saturated carbocycles. The molecule has 6 aromatic carbocycles. The van der Waals surface area contributed by atoms with Crippen molar-refractivity contribution in [2.45, 2.75) is 0 Å². The van der Waals surface area contributed by atoms with Gasteiger partial charge in [-0.3, -0.25) is 9.47 Å². The van der Waals surface area contributed by atoms with Gasteiger partial charge in [-0.2, -0.15) is 10.5 Å². The average molecular weight is 643 g/mol. The molecule has 0 amide bonds. The molecule has 10 rings (SSSR count). The topological polar surface area (TPSA) is 100.0 Å². The van der Waals surface area contributed by atoms with Gasteiger partial charge in [0.05, 0.1) is 56.4 Å². The van der Waals surface area contributed by atoms with Gasteiger partial charge in [-0.15, -0.1) is 0 Å². The van der Waals surface area contributed by atoms with E-state index in [-0.39, 0.29) is 5.56 Å². The van der Waals surface area contributed by atoms with Crippen molar-refractivity contribution < 1.29 is 9.47 Å². The number of nitriles is 2. The van der Waals surface area contributed by atoms with E-state index in [4.69, 9.17) is 19.4 Å². The van der Waals surface area contributed by atoms with Crippen molar-refractivity contribution in [2.75, 3.05) is 4.90 Å². The van der Waals surface area contributed by atoms with Crippen LogP contribution in [0.5, 0.6) is 23.0 Å². The summed E-state index contributed by atoms with van der Waals surface area (Å²) >= 11 is 0. The van der Waals surface area contributed by atoms with E-state index < -0.39 is 0 Å². The van der Waals surface area contributed by atoms with E-state index in [1.807, 2.05) is 114 Å². The van der Waals surface area contributed by atoms with Crippen molar-refractivity contribution in [1.29, 1.82) is 10.5 Å². The minimum Gasteiger partial charge on any atom is -0.452 e. The summed E-state index contributed by atoms with van der Waals surface area (Å²) in [6.07, 6.45) is 0. The molecular formula is C42H22N6O2. The Morgan fingerprint density at radius 2 is 1.22 bits per heavy atom. The molecule has 0 spiro atoms. The average Bonchev–Trinajstić information content (AvgIpc) is 3.52. The molecular weight excluding hydrogens is 621 g/mol. The van der Waals surface area contributed by atoms with Crippen LogP contribution in [0.3, 0.4) is 0 Å². The van der Waals surface area contributed by atoms with Gasteiger partial charge in [0.2, 0.25) is 5.95 Å². The maximum atomic E-state index is 10.2. The quantitative estimate of drug-likeness (QED) is 0.189. The van der Waals surface area contributed by atoms with Crippen molar-refractivity contribution in [1.82, 2.24) is 14.5 Å². The zero-order valence-corrected chi connectivity index (χ0v) is 26.2. The summed E-state index contributed by atoms with van der Waals surface area (Å²) in [5.41, 5.74) is 7.87. The zero-order valence-electron chi connectivity index (χ0n) is 26.2. The summed E-state index contributed by atoms with van der Waals surface area (Å²) in [4.78, 5) is 12.4. The van der Waals surface area contributed by atoms with E-state index in [1.165, 1.54) is 0 Å². The summed E-state index contributed by atoms with van der Waals surface area (Å²) in [6, 6.07) is 47.8. The van der Waals surface area contributed by atoms with E-state index in [9.17, 15) is 10.5 Å². The van der Waals surface area contributed by atoms with Crippen molar-refractivity contribution in [3.05, 3.63) is 145 Å². The van der Waals surface area contributed by atoms with Gasteiger partial charge in [0.25, 0.3) is 0 Å². The Morgan fingerprint density at radius 3 is 1.94 bits per heavy atom. The number of aromatic nitrogens is 3. The lowest BCUT2D eigenvalue weighted by Crippen LogP contribution is -2.21. The van der Waals surface area contributed by atoms with E-state index >= 15 is 0 Å². The fourth-order valence-corrected chi connectivity index (χ4v) is 7.06. The standard InChI is InChI=1S/C42H22N6O2/c43-23-25-19-28(24-44)40-35(20-25)47-33-17-9-10-18-36(33)49-41-38-29-15-7-8-16-32(29)48(34(38)22-37(50-40)39(41)47)42-45-30(26-11-3-1-4-12-26)21-31(46-42)27-13-5-2-6-14-27/h1-22H. The Balaban J connectivity index is 1.31. The Hall–Kier alpha value is -7.42. The molecule has 0 atom stereocenters. The molecule has 0 radical (unpaired) electrons. The van der Waals surface area contributed by atoms with Gasteiger partial charge in [-0.25, -0.2) is 9.97 Å². The number of benzene rings is 6. The van der Waals surface area contributed by atoms with Crippen molar-refractivity contribution in [3.63, 3.8) is 0 Å². The highest BCUT2D eigenvalue weighted by atomic mass is 16.5. The van der Waals surface area contributed by atoms with E-state index in [0.717, 1.165) is 50.0 Å². The molecule has 2 aliphatic heterocycles. The number of rotatable bonds is 3. The van der Waals surface area contributed by atoms with Gasteiger partial charge in [-0.05, 0) is 36.4 Å². The Morgan fingerprint density at radius 1 is 0.560 bits per heavy atom. The van der Waals surface area contributed by atoms with Crippen molar-refractivity contribution in [3.8, 4) is 63.6 Å². The second-order valence-electron chi connectivity index (χ2n) is 12.1. The minimum absolute atomic E-state index is 0.266. The first-order valence-corrected chi connectivity index (χ1v) is 16.0. The van der Waals surface area contributed by atoms with Crippen molar-refractivity contribution in [2.24, 2.45) is 0 Å². The maximum absolute atomic E-state index is 10.2. The van der Waals surface area contributed by atoms with Gasteiger partial charge in [0.1, 0.15) is 11.8 Å². The van der Waals surface area contributed by atoms with Gasteiger partial charge in [0, 0.05) is 22.6 Å². The van der Waals surface area contributed by atoms with E-state index in [2.05, 4.69) is 28.8 Å². The first kappa shape index (κ1) is 27.7. The van der Waals surface area contributed by atoms with Crippen LogP contribution in [-0.2, 0) is 0 Å². The van der Waals surface area contributed by atoms with Crippen LogP contribution in [-0.4, -0.2) is 14.5 Å². The monoisotopic (exact) mass is 642 g/mol. The van der Waals surface area contributed by atoms with Crippen molar-refractivity contribution >= 4 is 38.9 Å². The van der Waals surface area contributed by atoms with Gasteiger partial charge in [0.15, 0.2) is 23.0 Å². The first-order chi connectivity index (χ1) is 24.7. The fraction of sp³-hybridized carbons (Fsp3) is 0. The third kappa shape index (κ3) is 3.97. The molecule has 0 fully saturated rings. The normalized spacial score (nSPS) is 12.2. The number of para-hydroxylation sites is 3. The van der Waals surface area contributed by atoms with E-state index in [0.29, 0.717) is 45.9 Å². The molecule has 4 heterocycles. The van der Waals surface area contributed by atoms with Crippen LogP contribution in [0.1, 0.15) is 11.1 Å². The first-order valence-electron chi connectivity index (χ1n) is 16.0. The van der Waals surface area contributed by atoms with E-state index in [1.54, 1.807) is 12.1 Å². The molecule has 2 aromatic heterocycles. The number of hydrogen-bond acceptors (Lipinski definition) is 7. The molecule has 232 valence electrons. The Kier molecular flexibility index (Phi) is 5.84. The molecule has 2 aliphatic rings. The summed E-state index contributed by atoms with van der Waals surface area (Å²) in [5.74, 6) is 2.60. The van der Waals surface area contributed by atoms with Crippen LogP contribution in [0.25, 0.3) is 50.3 Å². The lowest BCUT2D eigenvalue weighted by atomic mass is 10.0. The molecule has 8 nitrogen and oxygen atoms in total. The number of nitrogens with zero attached hydrogens (tertiary/aromatic N) is 6. The highest BCUT2D eigenvalue weighted by Gasteiger charge is 2.39. The molecule has 8 heteroatoms. The number of fused-ring (bicyclic) bond motifs is 8. The van der Waals surface area contributed by atoms with Gasteiger partial charge >= 0.3 is 0 Å². The smallest absolute Gasteiger partial charge is 0.235 e. The third-order valence-corrected chi connectivity index (χ3v) is 9.22.